The fourth-order valence-electron chi connectivity index (χ4n) is 1.39. The Morgan fingerprint density at radius 1 is 1.40 bits per heavy atom. The van der Waals surface area contributed by atoms with Gasteiger partial charge in [0.25, 0.3) is 6.43 Å². The molecule has 5 heteroatoms. The highest BCUT2D eigenvalue weighted by molar-refractivity contribution is 5.34. The number of halogens is 3. The minimum atomic E-state index is -2.85. The average Bonchev–Trinajstić information content (AvgIpc) is 2.14. The predicted octanol–water partition coefficient (Wildman–Crippen LogP) is 2.06. The summed E-state index contributed by atoms with van der Waals surface area (Å²) >= 11 is 0. The number of benzene rings is 1. The van der Waals surface area contributed by atoms with Crippen molar-refractivity contribution < 1.29 is 18.3 Å². The van der Waals surface area contributed by atoms with E-state index in [4.69, 9.17) is 5.73 Å². The van der Waals surface area contributed by atoms with Crippen molar-refractivity contribution in [3.63, 3.8) is 0 Å². The molecule has 2 nitrogen and oxygen atoms in total. The first-order valence-electron chi connectivity index (χ1n) is 4.43. The van der Waals surface area contributed by atoms with Crippen LogP contribution in [-0.4, -0.2) is 11.7 Å². The molecule has 1 rings (SSSR count). The summed E-state index contributed by atoms with van der Waals surface area (Å²) in [5.41, 5.74) is 4.90. The van der Waals surface area contributed by atoms with Crippen molar-refractivity contribution in [2.24, 2.45) is 5.73 Å². The number of aliphatic hydroxyl groups is 1. The highest BCUT2D eigenvalue weighted by Crippen LogP contribution is 2.28. The molecule has 3 N–H and O–H groups in total. The molecule has 1 atom stereocenters. The minimum Gasteiger partial charge on any atom is -0.387 e. The van der Waals surface area contributed by atoms with E-state index < -0.39 is 23.9 Å². The van der Waals surface area contributed by atoms with Crippen molar-refractivity contribution in [2.45, 2.75) is 19.5 Å². The smallest absolute Gasteiger partial charge is 0.266 e. The third-order valence-corrected chi connectivity index (χ3v) is 2.18. The lowest BCUT2D eigenvalue weighted by atomic mass is 10.0. The van der Waals surface area contributed by atoms with E-state index in [1.165, 1.54) is 13.0 Å². The quantitative estimate of drug-likeness (QED) is 0.817. The second-order valence-electron chi connectivity index (χ2n) is 3.29. The summed E-state index contributed by atoms with van der Waals surface area (Å²) in [7, 11) is 0. The Hall–Kier alpha value is -1.07. The Morgan fingerprint density at radius 3 is 2.40 bits per heavy atom. The van der Waals surface area contributed by atoms with Crippen LogP contribution in [0, 0.1) is 12.7 Å². The van der Waals surface area contributed by atoms with Crippen molar-refractivity contribution in [3.05, 3.63) is 34.6 Å². The molecule has 0 aliphatic carbocycles. The summed E-state index contributed by atoms with van der Waals surface area (Å²) in [6.07, 6.45) is -3.88. The largest absolute Gasteiger partial charge is 0.387 e. The van der Waals surface area contributed by atoms with Crippen LogP contribution >= 0.6 is 0 Å². The number of hydrogen-bond donors (Lipinski definition) is 2. The average molecular weight is 219 g/mol. The number of nitrogens with two attached hydrogens (primary N) is 1. The van der Waals surface area contributed by atoms with Crippen LogP contribution < -0.4 is 5.73 Å². The minimum absolute atomic E-state index is 0.0765. The van der Waals surface area contributed by atoms with Gasteiger partial charge in [0.1, 0.15) is 5.82 Å². The normalized spacial score (nSPS) is 13.3. The molecular weight excluding hydrogens is 207 g/mol. The Balaban J connectivity index is 3.19. The zero-order chi connectivity index (χ0) is 11.6. The van der Waals surface area contributed by atoms with Crippen LogP contribution in [0.2, 0.25) is 0 Å². The zero-order valence-electron chi connectivity index (χ0n) is 8.17. The number of rotatable bonds is 3. The Labute approximate surface area is 85.5 Å². The third-order valence-electron chi connectivity index (χ3n) is 2.18. The van der Waals surface area contributed by atoms with Crippen molar-refractivity contribution >= 4 is 0 Å². The highest BCUT2D eigenvalue weighted by atomic mass is 19.3. The Morgan fingerprint density at radius 2 is 2.00 bits per heavy atom. The predicted molar refractivity (Wildman–Crippen MR) is 50.1 cm³/mol. The molecule has 0 aliphatic heterocycles. The second-order valence-corrected chi connectivity index (χ2v) is 3.29. The van der Waals surface area contributed by atoms with E-state index in [1.807, 2.05) is 0 Å². The second kappa shape index (κ2) is 4.63. The summed E-state index contributed by atoms with van der Waals surface area (Å²) in [6.45, 7) is 1.30. The van der Waals surface area contributed by atoms with Gasteiger partial charge in [0.05, 0.1) is 11.7 Å². The number of aliphatic hydroxyl groups excluding tert-OH is 1. The summed E-state index contributed by atoms with van der Waals surface area (Å²) in [5, 5.41) is 9.33. The van der Waals surface area contributed by atoms with Gasteiger partial charge in [-0.05, 0) is 24.1 Å². The van der Waals surface area contributed by atoms with Gasteiger partial charge in [-0.2, -0.15) is 0 Å². The summed E-state index contributed by atoms with van der Waals surface area (Å²) in [6, 6.07) is 2.22. The van der Waals surface area contributed by atoms with Crippen molar-refractivity contribution in [1.29, 1.82) is 0 Å². The first-order valence-corrected chi connectivity index (χ1v) is 4.43. The fourth-order valence-corrected chi connectivity index (χ4v) is 1.39. The monoisotopic (exact) mass is 219 g/mol. The molecule has 1 aromatic rings. The van der Waals surface area contributed by atoms with E-state index in [2.05, 4.69) is 0 Å². The molecule has 0 saturated heterocycles. The molecule has 0 aliphatic rings. The summed E-state index contributed by atoms with van der Waals surface area (Å²) in [4.78, 5) is 0. The van der Waals surface area contributed by atoms with Gasteiger partial charge in [-0.25, -0.2) is 13.2 Å². The van der Waals surface area contributed by atoms with E-state index in [1.54, 1.807) is 0 Å². The van der Waals surface area contributed by atoms with E-state index >= 15 is 0 Å². The van der Waals surface area contributed by atoms with Crippen molar-refractivity contribution in [2.75, 3.05) is 6.54 Å². The third kappa shape index (κ3) is 2.49. The molecule has 84 valence electrons. The maximum absolute atomic E-state index is 13.2. The Kier molecular flexibility index (Phi) is 3.71. The maximum atomic E-state index is 13.2. The fraction of sp³-hybridized carbons (Fsp3) is 0.400. The van der Waals surface area contributed by atoms with Gasteiger partial charge < -0.3 is 10.8 Å². The van der Waals surface area contributed by atoms with Crippen LogP contribution in [-0.2, 0) is 0 Å². The van der Waals surface area contributed by atoms with E-state index in [-0.39, 0.29) is 17.7 Å². The molecule has 0 amide bonds. The number of alkyl halides is 2. The number of aryl methyl sites for hydroxylation is 1. The lowest BCUT2D eigenvalue weighted by Gasteiger charge is -2.12. The maximum Gasteiger partial charge on any atom is 0.266 e. The molecule has 0 bridgehead atoms. The lowest BCUT2D eigenvalue weighted by Crippen LogP contribution is -2.12. The molecule has 0 radical (unpaired) electrons. The van der Waals surface area contributed by atoms with Crippen LogP contribution in [0.1, 0.15) is 29.2 Å². The topological polar surface area (TPSA) is 46.2 Å². The number of hydrogen-bond acceptors (Lipinski definition) is 2. The van der Waals surface area contributed by atoms with E-state index in [0.717, 1.165) is 6.07 Å². The van der Waals surface area contributed by atoms with Gasteiger partial charge in [-0.3, -0.25) is 0 Å². The molecule has 15 heavy (non-hydrogen) atoms. The molecule has 0 heterocycles. The zero-order valence-corrected chi connectivity index (χ0v) is 8.17. The standard InChI is InChI=1S/C10H12F3NO/c1-5-2-6(8(15)4-14)3-7(11)9(5)10(12)13/h2-3,8,10,15H,4,14H2,1H3. The van der Waals surface area contributed by atoms with Crippen LogP contribution in [0.25, 0.3) is 0 Å². The first kappa shape index (κ1) is 12.0. The lowest BCUT2D eigenvalue weighted by molar-refractivity contribution is 0.144. The molecule has 0 saturated carbocycles. The van der Waals surface area contributed by atoms with Crippen LogP contribution in [0.5, 0.6) is 0 Å². The van der Waals surface area contributed by atoms with Crippen LogP contribution in [0.4, 0.5) is 13.2 Å². The summed E-state index contributed by atoms with van der Waals surface area (Å²) in [5.74, 6) is -1.01. The van der Waals surface area contributed by atoms with E-state index in [0.29, 0.717) is 0 Å². The molecular formula is C10H12F3NO. The van der Waals surface area contributed by atoms with Gasteiger partial charge in [-0.1, -0.05) is 6.07 Å². The van der Waals surface area contributed by atoms with Crippen LogP contribution in [0.3, 0.4) is 0 Å². The van der Waals surface area contributed by atoms with Gasteiger partial charge >= 0.3 is 0 Å². The highest BCUT2D eigenvalue weighted by Gasteiger charge is 2.18. The van der Waals surface area contributed by atoms with Gasteiger partial charge in [0.2, 0.25) is 0 Å². The van der Waals surface area contributed by atoms with Crippen molar-refractivity contribution in [3.8, 4) is 0 Å². The molecule has 0 fully saturated rings. The van der Waals surface area contributed by atoms with Crippen LogP contribution in [0.15, 0.2) is 12.1 Å². The molecule has 0 aromatic heterocycles. The van der Waals surface area contributed by atoms with Crippen molar-refractivity contribution in [1.82, 2.24) is 0 Å². The van der Waals surface area contributed by atoms with E-state index in [9.17, 15) is 18.3 Å². The molecule has 1 aromatic carbocycles. The van der Waals surface area contributed by atoms with Gasteiger partial charge in [0, 0.05) is 6.54 Å². The summed E-state index contributed by atoms with van der Waals surface area (Å²) < 4.78 is 38.0. The van der Waals surface area contributed by atoms with Gasteiger partial charge in [-0.15, -0.1) is 0 Å². The SMILES string of the molecule is Cc1cc(C(O)CN)cc(F)c1C(F)F. The van der Waals surface area contributed by atoms with Gasteiger partial charge in [0.15, 0.2) is 0 Å². The molecule has 1 unspecified atom stereocenters. The Bertz CT molecular complexity index is 332. The first-order chi connectivity index (χ1) is 6.97. The molecule has 0 spiro atoms.